The molecule has 24 heavy (non-hydrogen) atoms. The summed E-state index contributed by atoms with van der Waals surface area (Å²) in [6.45, 7) is 1.02. The van der Waals surface area contributed by atoms with Crippen molar-refractivity contribution in [2.45, 2.75) is 44.6 Å². The van der Waals surface area contributed by atoms with Crippen LogP contribution in [0.2, 0.25) is 0 Å². The van der Waals surface area contributed by atoms with Crippen LogP contribution in [0.3, 0.4) is 0 Å². The fraction of sp³-hybridized carbons (Fsp3) is 0.421. The van der Waals surface area contributed by atoms with Gasteiger partial charge in [-0.15, -0.1) is 0 Å². The van der Waals surface area contributed by atoms with Crippen molar-refractivity contribution in [1.29, 1.82) is 0 Å². The Balaban J connectivity index is 1.51. The zero-order valence-electron chi connectivity index (χ0n) is 13.7. The number of H-pyrrole nitrogens is 1. The minimum absolute atomic E-state index is 0.297. The summed E-state index contributed by atoms with van der Waals surface area (Å²) in [5.74, 6) is 2.08. The highest BCUT2D eigenvalue weighted by atomic mass is 15.3. The van der Waals surface area contributed by atoms with Gasteiger partial charge in [0.25, 0.3) is 0 Å². The summed E-state index contributed by atoms with van der Waals surface area (Å²) in [7, 11) is 0. The van der Waals surface area contributed by atoms with Crippen LogP contribution in [0.25, 0.3) is 11.0 Å². The fourth-order valence-corrected chi connectivity index (χ4v) is 4.04. The first kappa shape index (κ1) is 14.0. The van der Waals surface area contributed by atoms with Crippen molar-refractivity contribution in [3.63, 3.8) is 0 Å². The molecule has 0 bridgehead atoms. The van der Waals surface area contributed by atoms with Crippen LogP contribution in [0.4, 0.5) is 5.82 Å². The van der Waals surface area contributed by atoms with Gasteiger partial charge in [0.1, 0.15) is 11.6 Å². The van der Waals surface area contributed by atoms with Crippen LogP contribution in [0.5, 0.6) is 0 Å². The monoisotopic (exact) mass is 319 g/mol. The molecule has 122 valence electrons. The Labute approximate surface area is 141 Å². The molecule has 0 saturated carbocycles. The van der Waals surface area contributed by atoms with Crippen LogP contribution in [0.1, 0.15) is 48.9 Å². The van der Waals surface area contributed by atoms with Crippen LogP contribution in [-0.4, -0.2) is 26.5 Å². The van der Waals surface area contributed by atoms with Crippen molar-refractivity contribution in [3.05, 3.63) is 47.7 Å². The molecular formula is C19H21N5. The average Bonchev–Trinajstić information content (AvgIpc) is 3.27. The Morgan fingerprint density at radius 3 is 2.79 bits per heavy atom. The first-order chi connectivity index (χ1) is 11.9. The third-order valence-corrected chi connectivity index (χ3v) is 5.27. The van der Waals surface area contributed by atoms with Gasteiger partial charge < -0.3 is 9.88 Å². The van der Waals surface area contributed by atoms with Crippen molar-refractivity contribution in [2.24, 2.45) is 0 Å². The standard InChI is InChI=1S/C19H21N5/c1-2-7-14-13(6-1)20-12-18(21-14)24-11-5-10-17(24)19-22-15-8-3-4-9-16(15)23-19/h1-2,6-7,12,17H,3-5,8-11H2,(H,22,23). The highest BCUT2D eigenvalue weighted by Gasteiger charge is 2.31. The van der Waals surface area contributed by atoms with E-state index in [1.165, 1.54) is 30.7 Å². The third kappa shape index (κ3) is 2.27. The molecule has 0 amide bonds. The molecule has 1 aromatic carbocycles. The number of para-hydroxylation sites is 2. The molecular weight excluding hydrogens is 298 g/mol. The maximum Gasteiger partial charge on any atom is 0.148 e. The Morgan fingerprint density at radius 1 is 1.00 bits per heavy atom. The molecule has 3 heterocycles. The average molecular weight is 319 g/mol. The lowest BCUT2D eigenvalue weighted by molar-refractivity contribution is 0.667. The summed E-state index contributed by atoms with van der Waals surface area (Å²) in [4.78, 5) is 20.3. The Morgan fingerprint density at radius 2 is 1.88 bits per heavy atom. The number of imidazole rings is 1. The minimum Gasteiger partial charge on any atom is -0.345 e. The lowest BCUT2D eigenvalue weighted by Crippen LogP contribution is -2.24. The van der Waals surface area contributed by atoms with Gasteiger partial charge in [0.05, 0.1) is 29.0 Å². The van der Waals surface area contributed by atoms with E-state index < -0.39 is 0 Å². The molecule has 5 rings (SSSR count). The number of nitrogens with zero attached hydrogens (tertiary/aromatic N) is 4. The summed E-state index contributed by atoms with van der Waals surface area (Å²) in [6, 6.07) is 8.36. The summed E-state index contributed by atoms with van der Waals surface area (Å²) in [5, 5.41) is 0. The predicted molar refractivity (Wildman–Crippen MR) is 94.1 cm³/mol. The van der Waals surface area contributed by atoms with Crippen molar-refractivity contribution in [2.75, 3.05) is 11.4 Å². The third-order valence-electron chi connectivity index (χ3n) is 5.27. The molecule has 0 radical (unpaired) electrons. The lowest BCUT2D eigenvalue weighted by Gasteiger charge is -2.24. The molecule has 1 unspecified atom stereocenters. The van der Waals surface area contributed by atoms with Gasteiger partial charge in [0.2, 0.25) is 0 Å². The summed E-state index contributed by atoms with van der Waals surface area (Å²) in [6.07, 6.45) is 9.01. The van der Waals surface area contributed by atoms with E-state index >= 15 is 0 Å². The molecule has 1 saturated heterocycles. The van der Waals surface area contributed by atoms with Gasteiger partial charge in [-0.2, -0.15) is 0 Å². The van der Waals surface area contributed by atoms with Gasteiger partial charge in [-0.1, -0.05) is 12.1 Å². The lowest BCUT2D eigenvalue weighted by atomic mass is 10.0. The van der Waals surface area contributed by atoms with Crippen LogP contribution < -0.4 is 4.90 Å². The van der Waals surface area contributed by atoms with E-state index in [1.54, 1.807) is 0 Å². The first-order valence-electron chi connectivity index (χ1n) is 8.94. The molecule has 5 nitrogen and oxygen atoms in total. The second-order valence-electron chi connectivity index (χ2n) is 6.82. The van der Waals surface area contributed by atoms with E-state index in [0.717, 1.165) is 48.5 Å². The summed E-state index contributed by atoms with van der Waals surface area (Å²) in [5.41, 5.74) is 4.55. The van der Waals surface area contributed by atoms with Gasteiger partial charge in [0, 0.05) is 12.2 Å². The van der Waals surface area contributed by atoms with E-state index in [1.807, 2.05) is 30.5 Å². The van der Waals surface area contributed by atoms with Gasteiger partial charge >= 0.3 is 0 Å². The second kappa shape index (κ2) is 5.58. The zero-order valence-corrected chi connectivity index (χ0v) is 13.7. The van der Waals surface area contributed by atoms with Gasteiger partial charge in [-0.3, -0.25) is 4.98 Å². The molecule has 2 aromatic heterocycles. The highest BCUT2D eigenvalue weighted by molar-refractivity contribution is 5.75. The van der Waals surface area contributed by atoms with Crippen LogP contribution in [0, 0.1) is 0 Å². The minimum atomic E-state index is 0.297. The number of hydrogen-bond acceptors (Lipinski definition) is 4. The Bertz CT molecular complexity index is 861. The second-order valence-corrected chi connectivity index (χ2v) is 6.82. The first-order valence-corrected chi connectivity index (χ1v) is 8.94. The van der Waals surface area contributed by atoms with Gasteiger partial charge in [-0.05, 0) is 50.7 Å². The van der Waals surface area contributed by atoms with Gasteiger partial charge in [0.15, 0.2) is 0 Å². The van der Waals surface area contributed by atoms with Gasteiger partial charge in [-0.25, -0.2) is 9.97 Å². The summed E-state index contributed by atoms with van der Waals surface area (Å²) < 4.78 is 0. The van der Waals surface area contributed by atoms with E-state index in [2.05, 4.69) is 14.9 Å². The number of hydrogen-bond donors (Lipinski definition) is 1. The highest BCUT2D eigenvalue weighted by Crippen LogP contribution is 2.35. The van der Waals surface area contributed by atoms with Crippen molar-refractivity contribution >= 4 is 16.9 Å². The molecule has 1 fully saturated rings. The number of benzene rings is 1. The quantitative estimate of drug-likeness (QED) is 0.784. The predicted octanol–water partition coefficient (Wildman–Crippen LogP) is 3.57. The molecule has 0 spiro atoms. The number of nitrogens with one attached hydrogen (secondary N) is 1. The molecule has 1 N–H and O–H groups in total. The largest absolute Gasteiger partial charge is 0.345 e. The molecule has 1 aliphatic carbocycles. The van der Waals surface area contributed by atoms with Crippen molar-refractivity contribution < 1.29 is 0 Å². The maximum absolute atomic E-state index is 4.93. The number of rotatable bonds is 2. The normalized spacial score (nSPS) is 20.5. The van der Waals surface area contributed by atoms with E-state index in [0.29, 0.717) is 6.04 Å². The number of fused-ring (bicyclic) bond motifs is 2. The van der Waals surface area contributed by atoms with Crippen LogP contribution in [0.15, 0.2) is 30.5 Å². The number of anilines is 1. The number of aryl methyl sites for hydroxylation is 2. The SMILES string of the molecule is c1ccc2nc(N3CCCC3c3nc4c([nH]3)CCCC4)cnc2c1. The van der Waals surface area contributed by atoms with E-state index in [-0.39, 0.29) is 0 Å². The topological polar surface area (TPSA) is 57.7 Å². The Kier molecular flexibility index (Phi) is 3.25. The van der Waals surface area contributed by atoms with E-state index in [9.17, 15) is 0 Å². The molecule has 2 aliphatic rings. The fourth-order valence-electron chi connectivity index (χ4n) is 4.04. The molecule has 3 aromatic rings. The Hall–Kier alpha value is -2.43. The number of aromatic nitrogens is 4. The number of aromatic amines is 1. The maximum atomic E-state index is 4.93. The smallest absolute Gasteiger partial charge is 0.148 e. The molecule has 1 atom stereocenters. The molecule has 1 aliphatic heterocycles. The molecule has 5 heteroatoms. The zero-order chi connectivity index (χ0) is 15.9. The van der Waals surface area contributed by atoms with Crippen molar-refractivity contribution in [1.82, 2.24) is 19.9 Å². The van der Waals surface area contributed by atoms with Crippen LogP contribution in [-0.2, 0) is 12.8 Å². The summed E-state index contributed by atoms with van der Waals surface area (Å²) >= 11 is 0. The van der Waals surface area contributed by atoms with E-state index in [4.69, 9.17) is 9.97 Å². The van der Waals surface area contributed by atoms with Crippen molar-refractivity contribution in [3.8, 4) is 0 Å². The van der Waals surface area contributed by atoms with Crippen LogP contribution >= 0.6 is 0 Å².